The molecule has 82 valence electrons. The molecule has 0 radical (unpaired) electrons. The number of carbonyl (C=O) groups excluding carboxylic acids is 1. The van der Waals surface area contributed by atoms with Crippen LogP contribution in [-0.4, -0.2) is 18.5 Å². The van der Waals surface area contributed by atoms with Gasteiger partial charge < -0.3 is 11.1 Å². The minimum atomic E-state index is -0.209. The van der Waals surface area contributed by atoms with Crippen LogP contribution in [-0.2, 0) is 0 Å². The van der Waals surface area contributed by atoms with Crippen molar-refractivity contribution in [2.24, 2.45) is 5.73 Å². The summed E-state index contributed by atoms with van der Waals surface area (Å²) in [6.07, 6.45) is 0. The fourth-order valence-electron chi connectivity index (χ4n) is 1.04. The van der Waals surface area contributed by atoms with Crippen LogP contribution in [0.4, 0.5) is 0 Å². The molecule has 0 aliphatic carbocycles. The van der Waals surface area contributed by atoms with E-state index < -0.39 is 0 Å². The second-order valence-electron chi connectivity index (χ2n) is 3.21. The van der Waals surface area contributed by atoms with Gasteiger partial charge >= 0.3 is 0 Å². The zero-order valence-corrected chi connectivity index (χ0v) is 10.6. The number of halogens is 2. The third kappa shape index (κ3) is 3.19. The quantitative estimate of drug-likeness (QED) is 0.897. The molecule has 1 atom stereocenters. The molecule has 3 nitrogen and oxygen atoms in total. The van der Waals surface area contributed by atoms with Crippen LogP contribution in [0.1, 0.15) is 17.3 Å². The first-order chi connectivity index (χ1) is 7.06. The summed E-state index contributed by atoms with van der Waals surface area (Å²) in [5.41, 5.74) is 5.86. The van der Waals surface area contributed by atoms with E-state index in [1.165, 1.54) is 0 Å². The summed E-state index contributed by atoms with van der Waals surface area (Å²) in [5.74, 6) is -0.209. The smallest absolute Gasteiger partial charge is 0.253 e. The van der Waals surface area contributed by atoms with Crippen LogP contribution < -0.4 is 11.1 Å². The van der Waals surface area contributed by atoms with Crippen LogP contribution in [0.15, 0.2) is 22.7 Å². The molecule has 0 aromatic heterocycles. The molecule has 0 spiro atoms. The van der Waals surface area contributed by atoms with E-state index in [1.807, 2.05) is 6.92 Å². The molecular weight excluding hydrogens is 279 g/mol. The average molecular weight is 292 g/mol. The molecule has 0 bridgehead atoms. The number of nitrogens with one attached hydrogen (secondary N) is 1. The van der Waals surface area contributed by atoms with Crippen molar-refractivity contribution in [3.8, 4) is 0 Å². The van der Waals surface area contributed by atoms with Crippen molar-refractivity contribution in [3.63, 3.8) is 0 Å². The number of hydrogen-bond acceptors (Lipinski definition) is 2. The monoisotopic (exact) mass is 290 g/mol. The number of nitrogens with two attached hydrogens (primary N) is 1. The summed E-state index contributed by atoms with van der Waals surface area (Å²) >= 11 is 9.24. The summed E-state index contributed by atoms with van der Waals surface area (Å²) in [6.45, 7) is 2.24. The van der Waals surface area contributed by atoms with Gasteiger partial charge in [0.25, 0.3) is 5.91 Å². The lowest BCUT2D eigenvalue weighted by molar-refractivity contribution is 0.0941. The summed E-state index contributed by atoms with van der Waals surface area (Å²) in [7, 11) is 0. The first-order valence-corrected chi connectivity index (χ1v) is 5.68. The van der Waals surface area contributed by atoms with Gasteiger partial charge in [0.2, 0.25) is 0 Å². The number of hydrogen-bond donors (Lipinski definition) is 2. The van der Waals surface area contributed by atoms with Crippen LogP contribution >= 0.6 is 27.5 Å². The van der Waals surface area contributed by atoms with Crippen LogP contribution in [0, 0.1) is 0 Å². The Labute approximate surface area is 102 Å². The van der Waals surface area contributed by atoms with Crippen molar-refractivity contribution in [1.82, 2.24) is 5.32 Å². The highest BCUT2D eigenvalue weighted by molar-refractivity contribution is 9.10. The van der Waals surface area contributed by atoms with Gasteiger partial charge in [-0.05, 0) is 35.0 Å². The highest BCUT2D eigenvalue weighted by Gasteiger charge is 2.13. The topological polar surface area (TPSA) is 55.1 Å². The molecule has 1 aromatic carbocycles. The van der Waals surface area contributed by atoms with Gasteiger partial charge in [-0.15, -0.1) is 0 Å². The van der Waals surface area contributed by atoms with Crippen molar-refractivity contribution in [2.45, 2.75) is 13.0 Å². The van der Waals surface area contributed by atoms with Gasteiger partial charge in [0.1, 0.15) is 0 Å². The lowest BCUT2D eigenvalue weighted by Crippen LogP contribution is -2.37. The van der Waals surface area contributed by atoms with Crippen LogP contribution in [0.25, 0.3) is 0 Å². The van der Waals surface area contributed by atoms with Gasteiger partial charge in [-0.3, -0.25) is 4.79 Å². The average Bonchev–Trinajstić information content (AvgIpc) is 2.21. The predicted octanol–water partition coefficient (Wildman–Crippen LogP) is 2.18. The Morgan fingerprint density at radius 2 is 2.33 bits per heavy atom. The number of benzene rings is 1. The molecule has 1 aromatic rings. The minimum absolute atomic E-state index is 0.0625. The Kier molecular flexibility index (Phi) is 4.57. The second kappa shape index (κ2) is 5.49. The maximum atomic E-state index is 11.7. The Balaban J connectivity index is 2.87. The standard InChI is InChI=1S/C10H12BrClN2O/c1-6(5-13)14-10(15)7-3-2-4-8(11)9(7)12/h2-4,6H,5,13H2,1H3,(H,14,15). The largest absolute Gasteiger partial charge is 0.348 e. The maximum Gasteiger partial charge on any atom is 0.253 e. The van der Waals surface area contributed by atoms with Crippen molar-refractivity contribution in [3.05, 3.63) is 33.3 Å². The van der Waals surface area contributed by atoms with Crippen LogP contribution in [0.5, 0.6) is 0 Å². The van der Waals surface area contributed by atoms with E-state index >= 15 is 0 Å². The van der Waals surface area contributed by atoms with E-state index in [0.29, 0.717) is 21.6 Å². The molecule has 0 heterocycles. The predicted molar refractivity (Wildman–Crippen MR) is 65.1 cm³/mol. The Bertz CT molecular complexity index is 370. The van der Waals surface area contributed by atoms with Crippen molar-refractivity contribution >= 4 is 33.4 Å². The second-order valence-corrected chi connectivity index (χ2v) is 4.44. The molecular formula is C10H12BrClN2O. The molecule has 5 heteroatoms. The highest BCUT2D eigenvalue weighted by Crippen LogP contribution is 2.25. The van der Waals surface area contributed by atoms with E-state index in [4.69, 9.17) is 17.3 Å². The summed E-state index contributed by atoms with van der Waals surface area (Å²) in [5, 5.41) is 3.16. The van der Waals surface area contributed by atoms with Crippen molar-refractivity contribution in [2.75, 3.05) is 6.54 Å². The highest BCUT2D eigenvalue weighted by atomic mass is 79.9. The molecule has 15 heavy (non-hydrogen) atoms. The molecule has 0 saturated carbocycles. The maximum absolute atomic E-state index is 11.7. The zero-order chi connectivity index (χ0) is 11.4. The van der Waals surface area contributed by atoms with E-state index in [9.17, 15) is 4.79 Å². The number of carbonyl (C=O) groups is 1. The number of amides is 1. The van der Waals surface area contributed by atoms with Crippen molar-refractivity contribution in [1.29, 1.82) is 0 Å². The number of rotatable bonds is 3. The molecule has 1 unspecified atom stereocenters. The van der Waals surface area contributed by atoms with Gasteiger partial charge in [0.05, 0.1) is 10.6 Å². The molecule has 0 aliphatic heterocycles. The normalized spacial score (nSPS) is 12.3. The molecule has 1 rings (SSSR count). The molecule has 3 N–H and O–H groups in total. The Hall–Kier alpha value is -0.580. The molecule has 0 saturated heterocycles. The Morgan fingerprint density at radius 3 is 2.93 bits per heavy atom. The van der Waals surface area contributed by atoms with Gasteiger partial charge in [-0.25, -0.2) is 0 Å². The van der Waals surface area contributed by atoms with Gasteiger partial charge in [-0.1, -0.05) is 17.7 Å². The summed E-state index contributed by atoms with van der Waals surface area (Å²) in [4.78, 5) is 11.7. The summed E-state index contributed by atoms with van der Waals surface area (Å²) in [6, 6.07) is 5.15. The van der Waals surface area contributed by atoms with Gasteiger partial charge in [0.15, 0.2) is 0 Å². The molecule has 0 aliphatic rings. The zero-order valence-electron chi connectivity index (χ0n) is 8.26. The van der Waals surface area contributed by atoms with Crippen molar-refractivity contribution < 1.29 is 4.79 Å². The van der Waals surface area contributed by atoms with E-state index in [1.54, 1.807) is 18.2 Å². The molecule has 1 amide bonds. The fraction of sp³-hybridized carbons (Fsp3) is 0.300. The SMILES string of the molecule is CC(CN)NC(=O)c1cccc(Br)c1Cl. The van der Waals surface area contributed by atoms with Gasteiger partial charge in [0, 0.05) is 17.1 Å². The van der Waals surface area contributed by atoms with Crippen LogP contribution in [0.2, 0.25) is 5.02 Å². The fourth-order valence-corrected chi connectivity index (χ4v) is 1.62. The Morgan fingerprint density at radius 1 is 1.67 bits per heavy atom. The van der Waals surface area contributed by atoms with E-state index in [2.05, 4.69) is 21.2 Å². The lowest BCUT2D eigenvalue weighted by Gasteiger charge is -2.12. The summed E-state index contributed by atoms with van der Waals surface area (Å²) < 4.78 is 0.706. The minimum Gasteiger partial charge on any atom is -0.348 e. The van der Waals surface area contributed by atoms with Crippen LogP contribution in [0.3, 0.4) is 0 Å². The van der Waals surface area contributed by atoms with E-state index in [0.717, 1.165) is 0 Å². The van der Waals surface area contributed by atoms with Gasteiger partial charge in [-0.2, -0.15) is 0 Å². The first-order valence-electron chi connectivity index (χ1n) is 4.51. The lowest BCUT2D eigenvalue weighted by atomic mass is 10.2. The third-order valence-electron chi connectivity index (χ3n) is 1.93. The van der Waals surface area contributed by atoms with E-state index in [-0.39, 0.29) is 11.9 Å². The third-order valence-corrected chi connectivity index (χ3v) is 3.22. The molecule has 0 fully saturated rings. The first kappa shape index (κ1) is 12.5.